The van der Waals surface area contributed by atoms with Crippen molar-refractivity contribution in [3.8, 4) is 0 Å². The highest BCUT2D eigenvalue weighted by molar-refractivity contribution is 7.16. The first-order valence-electron chi connectivity index (χ1n) is 7.45. The van der Waals surface area contributed by atoms with Crippen molar-refractivity contribution in [2.75, 3.05) is 0 Å². The largest absolute Gasteiger partial charge is 0.349 e. The predicted octanol–water partition coefficient (Wildman–Crippen LogP) is 3.61. The van der Waals surface area contributed by atoms with E-state index in [2.05, 4.69) is 10.6 Å². The van der Waals surface area contributed by atoms with Crippen LogP contribution >= 0.6 is 22.9 Å². The molecule has 128 valence electrons. The minimum atomic E-state index is -0.757. The molecule has 0 aliphatic heterocycles. The molecule has 0 saturated carbocycles. The molecule has 2 aromatic rings. The Hall–Kier alpha value is -1.92. The zero-order chi connectivity index (χ0) is 17.7. The van der Waals surface area contributed by atoms with Crippen molar-refractivity contribution in [2.24, 2.45) is 5.92 Å². The fourth-order valence-electron chi connectivity index (χ4n) is 2.13. The summed E-state index contributed by atoms with van der Waals surface area (Å²) in [6, 6.07) is 8.50. The van der Waals surface area contributed by atoms with Gasteiger partial charge in [0.2, 0.25) is 5.91 Å². The zero-order valence-corrected chi connectivity index (χ0v) is 14.9. The van der Waals surface area contributed by atoms with Crippen LogP contribution in [0.4, 0.5) is 4.39 Å². The minimum Gasteiger partial charge on any atom is -0.349 e. The molecule has 0 aliphatic rings. The van der Waals surface area contributed by atoms with Crippen molar-refractivity contribution in [3.63, 3.8) is 0 Å². The van der Waals surface area contributed by atoms with E-state index < -0.39 is 17.8 Å². The number of hydrogen-bond donors (Lipinski definition) is 2. The van der Waals surface area contributed by atoms with E-state index in [1.165, 1.54) is 29.5 Å². The van der Waals surface area contributed by atoms with Crippen LogP contribution in [0.1, 0.15) is 29.1 Å². The molecule has 0 saturated heterocycles. The molecular formula is C17H18ClFN2O2S. The van der Waals surface area contributed by atoms with E-state index in [4.69, 9.17) is 11.6 Å². The Morgan fingerprint density at radius 1 is 1.21 bits per heavy atom. The number of nitrogens with one attached hydrogen (secondary N) is 2. The lowest BCUT2D eigenvalue weighted by atomic mass is 10.0. The van der Waals surface area contributed by atoms with Gasteiger partial charge in [-0.05, 0) is 30.2 Å². The Morgan fingerprint density at radius 2 is 1.92 bits per heavy atom. The molecule has 1 heterocycles. The fourth-order valence-corrected chi connectivity index (χ4v) is 3.16. The van der Waals surface area contributed by atoms with Gasteiger partial charge in [-0.25, -0.2) is 4.39 Å². The molecule has 0 bridgehead atoms. The van der Waals surface area contributed by atoms with Gasteiger partial charge in [-0.1, -0.05) is 37.6 Å². The normalized spacial score (nSPS) is 12.0. The number of thiophene rings is 1. The Kier molecular flexibility index (Phi) is 6.34. The number of benzene rings is 1. The first-order valence-corrected chi connectivity index (χ1v) is 8.65. The van der Waals surface area contributed by atoms with E-state index >= 15 is 0 Å². The molecule has 1 atom stereocenters. The van der Waals surface area contributed by atoms with Crippen LogP contribution in [-0.2, 0) is 11.3 Å². The highest BCUT2D eigenvalue weighted by Gasteiger charge is 2.25. The Bertz CT molecular complexity index is 733. The Balaban J connectivity index is 2.01. The lowest BCUT2D eigenvalue weighted by Gasteiger charge is -2.21. The third-order valence-corrected chi connectivity index (χ3v) is 4.65. The SMILES string of the molecule is CC(C)C(NC(=O)c1ccccc1F)C(=O)NCc1ccc(Cl)s1. The summed E-state index contributed by atoms with van der Waals surface area (Å²) < 4.78 is 14.3. The Morgan fingerprint density at radius 3 is 2.50 bits per heavy atom. The standard InChI is InChI=1S/C17H18ClFN2O2S/c1-10(2)15(17(23)20-9-11-7-8-14(18)24-11)21-16(22)12-5-3-4-6-13(12)19/h3-8,10,15H,9H2,1-2H3,(H,20,23)(H,21,22). The molecule has 0 spiro atoms. The number of carbonyl (C=O) groups is 2. The second-order valence-corrected chi connectivity index (χ2v) is 7.40. The van der Waals surface area contributed by atoms with Crippen LogP contribution in [0, 0.1) is 11.7 Å². The molecule has 2 rings (SSSR count). The Labute approximate surface area is 149 Å². The average Bonchev–Trinajstić information content (AvgIpc) is 2.95. The average molecular weight is 369 g/mol. The molecule has 2 amide bonds. The van der Waals surface area contributed by atoms with Crippen molar-refractivity contribution in [1.82, 2.24) is 10.6 Å². The molecule has 4 nitrogen and oxygen atoms in total. The smallest absolute Gasteiger partial charge is 0.254 e. The lowest BCUT2D eigenvalue weighted by molar-refractivity contribution is -0.124. The third-order valence-electron chi connectivity index (χ3n) is 3.42. The van der Waals surface area contributed by atoms with Crippen LogP contribution in [-0.4, -0.2) is 17.9 Å². The van der Waals surface area contributed by atoms with Gasteiger partial charge in [-0.15, -0.1) is 11.3 Å². The zero-order valence-electron chi connectivity index (χ0n) is 13.3. The molecule has 0 radical (unpaired) electrons. The molecule has 1 aromatic heterocycles. The number of halogens is 2. The van der Waals surface area contributed by atoms with Crippen LogP contribution in [0.15, 0.2) is 36.4 Å². The first kappa shape index (κ1) is 18.4. The van der Waals surface area contributed by atoms with Gasteiger partial charge in [0.25, 0.3) is 5.91 Å². The third kappa shape index (κ3) is 4.79. The summed E-state index contributed by atoms with van der Waals surface area (Å²) >= 11 is 7.23. The van der Waals surface area contributed by atoms with E-state index in [-0.39, 0.29) is 17.4 Å². The monoisotopic (exact) mass is 368 g/mol. The van der Waals surface area contributed by atoms with E-state index in [0.29, 0.717) is 10.9 Å². The molecule has 1 unspecified atom stereocenters. The quantitative estimate of drug-likeness (QED) is 0.818. The summed E-state index contributed by atoms with van der Waals surface area (Å²) in [4.78, 5) is 25.5. The molecular weight excluding hydrogens is 351 g/mol. The van der Waals surface area contributed by atoms with Gasteiger partial charge in [0, 0.05) is 4.88 Å². The van der Waals surface area contributed by atoms with Crippen LogP contribution in [0.2, 0.25) is 4.34 Å². The van der Waals surface area contributed by atoms with Gasteiger partial charge in [-0.3, -0.25) is 9.59 Å². The summed E-state index contributed by atoms with van der Waals surface area (Å²) in [5.74, 6) is -1.70. The van der Waals surface area contributed by atoms with Gasteiger partial charge in [0.05, 0.1) is 16.4 Å². The van der Waals surface area contributed by atoms with Crippen molar-refractivity contribution in [3.05, 3.63) is 57.0 Å². The molecule has 24 heavy (non-hydrogen) atoms. The molecule has 7 heteroatoms. The highest BCUT2D eigenvalue weighted by Crippen LogP contribution is 2.21. The van der Waals surface area contributed by atoms with Gasteiger partial charge >= 0.3 is 0 Å². The number of hydrogen-bond acceptors (Lipinski definition) is 3. The van der Waals surface area contributed by atoms with Crippen molar-refractivity contribution < 1.29 is 14.0 Å². The maximum absolute atomic E-state index is 13.7. The minimum absolute atomic E-state index is 0.0824. The van der Waals surface area contributed by atoms with E-state index in [1.54, 1.807) is 12.1 Å². The summed E-state index contributed by atoms with van der Waals surface area (Å²) in [5, 5.41) is 5.37. The van der Waals surface area contributed by atoms with Gasteiger partial charge in [0.15, 0.2) is 0 Å². The number of carbonyl (C=O) groups excluding carboxylic acids is 2. The van der Waals surface area contributed by atoms with Crippen LogP contribution in [0.3, 0.4) is 0 Å². The van der Waals surface area contributed by atoms with Crippen molar-refractivity contribution in [2.45, 2.75) is 26.4 Å². The summed E-state index contributed by atoms with van der Waals surface area (Å²) in [7, 11) is 0. The van der Waals surface area contributed by atoms with E-state index in [1.807, 2.05) is 19.9 Å². The second-order valence-electron chi connectivity index (χ2n) is 5.60. The maximum atomic E-state index is 13.7. The van der Waals surface area contributed by atoms with E-state index in [9.17, 15) is 14.0 Å². The fraction of sp³-hybridized carbons (Fsp3) is 0.294. The second kappa shape index (κ2) is 8.26. The van der Waals surface area contributed by atoms with Gasteiger partial charge in [0.1, 0.15) is 11.9 Å². The molecule has 0 aliphatic carbocycles. The predicted molar refractivity (Wildman–Crippen MR) is 93.7 cm³/mol. The van der Waals surface area contributed by atoms with Gasteiger partial charge < -0.3 is 10.6 Å². The molecule has 2 N–H and O–H groups in total. The van der Waals surface area contributed by atoms with Crippen LogP contribution in [0.25, 0.3) is 0 Å². The summed E-state index contributed by atoms with van der Waals surface area (Å²) in [6.07, 6.45) is 0. The topological polar surface area (TPSA) is 58.2 Å². The van der Waals surface area contributed by atoms with Crippen LogP contribution in [0.5, 0.6) is 0 Å². The first-order chi connectivity index (χ1) is 11.4. The van der Waals surface area contributed by atoms with E-state index in [0.717, 1.165) is 4.88 Å². The molecule has 0 fully saturated rings. The highest BCUT2D eigenvalue weighted by atomic mass is 35.5. The number of rotatable bonds is 6. The lowest BCUT2D eigenvalue weighted by Crippen LogP contribution is -2.49. The van der Waals surface area contributed by atoms with Crippen molar-refractivity contribution >= 4 is 34.8 Å². The van der Waals surface area contributed by atoms with Crippen LogP contribution < -0.4 is 10.6 Å². The van der Waals surface area contributed by atoms with Crippen molar-refractivity contribution in [1.29, 1.82) is 0 Å². The maximum Gasteiger partial charge on any atom is 0.254 e. The van der Waals surface area contributed by atoms with Gasteiger partial charge in [-0.2, -0.15) is 0 Å². The summed E-state index contributed by atoms with van der Waals surface area (Å²) in [6.45, 7) is 3.96. The summed E-state index contributed by atoms with van der Waals surface area (Å²) in [5.41, 5.74) is -0.0824. The molecule has 1 aromatic carbocycles. The number of amides is 2.